The van der Waals surface area contributed by atoms with Crippen LogP contribution in [0.2, 0.25) is 10.0 Å². The highest BCUT2D eigenvalue weighted by molar-refractivity contribution is 7.89. The average molecular weight is 353 g/mol. The number of carbonyl (C=O) groups is 1. The molecule has 2 rings (SSSR count). The summed E-state index contributed by atoms with van der Waals surface area (Å²) in [7, 11) is -4.06. The summed E-state index contributed by atoms with van der Waals surface area (Å²) in [6.07, 6.45) is 0.879. The van der Waals surface area contributed by atoms with Gasteiger partial charge in [-0.05, 0) is 18.6 Å². The fraction of sp³-hybridized carbons (Fsp3) is 0.417. The maximum Gasteiger partial charge on any atom is 0.251 e. The summed E-state index contributed by atoms with van der Waals surface area (Å²) < 4.78 is 28.1. The summed E-state index contributed by atoms with van der Waals surface area (Å²) in [5.41, 5.74) is 0.0901. The van der Waals surface area contributed by atoms with E-state index in [0.29, 0.717) is 19.8 Å². The highest BCUT2D eigenvalue weighted by atomic mass is 35.5. The van der Waals surface area contributed by atoms with Crippen LogP contribution >= 0.6 is 23.2 Å². The molecule has 1 aliphatic heterocycles. The molecule has 116 valence electrons. The summed E-state index contributed by atoms with van der Waals surface area (Å²) in [6.45, 7) is 1.73. The van der Waals surface area contributed by atoms with E-state index in [1.54, 1.807) is 0 Å². The maximum atomic E-state index is 12.1. The molecule has 0 bridgehead atoms. The lowest BCUT2D eigenvalue weighted by atomic mass is 10.1. The zero-order valence-corrected chi connectivity index (χ0v) is 13.3. The van der Waals surface area contributed by atoms with Crippen LogP contribution in [0.1, 0.15) is 16.8 Å². The van der Waals surface area contributed by atoms with E-state index in [4.69, 9.17) is 33.1 Å². The van der Waals surface area contributed by atoms with E-state index >= 15 is 0 Å². The standard InChI is InChI=1S/C12H14Cl2N2O4S/c13-9-3-8(4-10(11(9)14)21(15,18)19)12(17)16-5-7-1-2-20-6-7/h3-4,7H,1-2,5-6H2,(H,16,17)(H2,15,18,19). The van der Waals surface area contributed by atoms with Crippen LogP contribution in [-0.2, 0) is 14.8 Å². The van der Waals surface area contributed by atoms with Crippen molar-refractivity contribution in [2.75, 3.05) is 19.8 Å². The second-order valence-electron chi connectivity index (χ2n) is 4.75. The number of benzene rings is 1. The topological polar surface area (TPSA) is 98.5 Å². The molecule has 6 nitrogen and oxygen atoms in total. The summed E-state index contributed by atoms with van der Waals surface area (Å²) >= 11 is 11.6. The molecule has 21 heavy (non-hydrogen) atoms. The SMILES string of the molecule is NS(=O)(=O)c1cc(C(=O)NCC2CCOC2)cc(Cl)c1Cl. The van der Waals surface area contributed by atoms with Gasteiger partial charge in [-0.1, -0.05) is 23.2 Å². The lowest BCUT2D eigenvalue weighted by Crippen LogP contribution is -2.29. The Morgan fingerprint density at radius 1 is 1.43 bits per heavy atom. The Balaban J connectivity index is 2.19. The predicted molar refractivity (Wildman–Crippen MR) is 79.1 cm³/mol. The number of halogens is 2. The second-order valence-corrected chi connectivity index (χ2v) is 7.07. The zero-order valence-electron chi connectivity index (χ0n) is 10.9. The summed E-state index contributed by atoms with van der Waals surface area (Å²) in [5.74, 6) is -0.181. The van der Waals surface area contributed by atoms with Crippen molar-refractivity contribution in [1.29, 1.82) is 0 Å². The van der Waals surface area contributed by atoms with Crippen molar-refractivity contribution >= 4 is 39.1 Å². The lowest BCUT2D eigenvalue weighted by molar-refractivity contribution is 0.0945. The van der Waals surface area contributed by atoms with Crippen LogP contribution in [0.15, 0.2) is 17.0 Å². The average Bonchev–Trinajstić information content (AvgIpc) is 2.90. The van der Waals surface area contributed by atoms with Gasteiger partial charge in [-0.2, -0.15) is 0 Å². The minimum absolute atomic E-state index is 0.0439. The Morgan fingerprint density at radius 3 is 2.71 bits per heavy atom. The molecule has 9 heteroatoms. The van der Waals surface area contributed by atoms with Gasteiger partial charge in [0.05, 0.1) is 16.7 Å². The fourth-order valence-electron chi connectivity index (χ4n) is 1.99. The van der Waals surface area contributed by atoms with Crippen molar-refractivity contribution in [1.82, 2.24) is 5.32 Å². The first-order valence-corrected chi connectivity index (χ1v) is 8.47. The van der Waals surface area contributed by atoms with Crippen LogP contribution in [0, 0.1) is 5.92 Å². The molecule has 1 aliphatic rings. The lowest BCUT2D eigenvalue weighted by Gasteiger charge is -2.11. The number of primary sulfonamides is 1. The minimum atomic E-state index is -4.06. The Morgan fingerprint density at radius 2 is 2.14 bits per heavy atom. The Bertz CT molecular complexity index is 657. The number of rotatable bonds is 4. The third kappa shape index (κ3) is 4.08. The molecule has 0 saturated carbocycles. The van der Waals surface area contributed by atoms with Crippen LogP contribution in [-0.4, -0.2) is 34.1 Å². The number of hydrogen-bond donors (Lipinski definition) is 2. The van der Waals surface area contributed by atoms with Crippen LogP contribution in [0.5, 0.6) is 0 Å². The number of nitrogens with two attached hydrogens (primary N) is 1. The Hall–Kier alpha value is -0.860. The highest BCUT2D eigenvalue weighted by Crippen LogP contribution is 2.30. The zero-order chi connectivity index (χ0) is 15.6. The number of hydrogen-bond acceptors (Lipinski definition) is 4. The van der Waals surface area contributed by atoms with E-state index in [9.17, 15) is 13.2 Å². The van der Waals surface area contributed by atoms with Gasteiger partial charge in [0.15, 0.2) is 0 Å². The van der Waals surface area contributed by atoms with Crippen molar-refractivity contribution in [3.05, 3.63) is 27.7 Å². The minimum Gasteiger partial charge on any atom is -0.381 e. The quantitative estimate of drug-likeness (QED) is 0.855. The Kier molecular flexibility index (Phi) is 5.11. The normalized spacial score (nSPS) is 18.7. The smallest absolute Gasteiger partial charge is 0.251 e. The molecular weight excluding hydrogens is 339 g/mol. The van der Waals surface area contributed by atoms with Crippen LogP contribution in [0.25, 0.3) is 0 Å². The van der Waals surface area contributed by atoms with Gasteiger partial charge in [-0.3, -0.25) is 4.79 Å². The van der Waals surface area contributed by atoms with Crippen molar-refractivity contribution in [2.24, 2.45) is 11.1 Å². The first-order chi connectivity index (χ1) is 9.79. The van der Waals surface area contributed by atoms with Gasteiger partial charge in [-0.15, -0.1) is 0 Å². The molecule has 3 N–H and O–H groups in total. The molecule has 0 spiro atoms. The Labute approximate surface area is 132 Å². The van der Waals surface area contributed by atoms with Crippen LogP contribution < -0.4 is 10.5 Å². The third-order valence-electron chi connectivity index (χ3n) is 3.14. The van der Waals surface area contributed by atoms with Crippen LogP contribution in [0.4, 0.5) is 0 Å². The van der Waals surface area contributed by atoms with Gasteiger partial charge in [0, 0.05) is 24.6 Å². The molecule has 1 aromatic carbocycles. The molecule has 1 amide bonds. The summed E-state index contributed by atoms with van der Waals surface area (Å²) in [4.78, 5) is 11.7. The first-order valence-electron chi connectivity index (χ1n) is 6.17. The predicted octanol–water partition coefficient (Wildman–Crippen LogP) is 1.41. The van der Waals surface area contributed by atoms with Gasteiger partial charge in [0.1, 0.15) is 4.90 Å². The monoisotopic (exact) mass is 352 g/mol. The third-order valence-corrected chi connectivity index (χ3v) is 4.99. The van der Waals surface area contributed by atoms with E-state index < -0.39 is 15.9 Å². The summed E-state index contributed by atoms with van der Waals surface area (Å²) in [5, 5.41) is 7.52. The van der Waals surface area contributed by atoms with Gasteiger partial charge in [-0.25, -0.2) is 13.6 Å². The van der Waals surface area contributed by atoms with Gasteiger partial charge >= 0.3 is 0 Å². The molecule has 1 saturated heterocycles. The molecule has 1 unspecified atom stereocenters. The maximum absolute atomic E-state index is 12.1. The molecule has 0 aromatic heterocycles. The fourth-order valence-corrected chi connectivity index (χ4v) is 3.34. The molecule has 1 fully saturated rings. The first kappa shape index (κ1) is 16.5. The summed E-state index contributed by atoms with van der Waals surface area (Å²) in [6, 6.07) is 2.42. The van der Waals surface area contributed by atoms with E-state index in [0.717, 1.165) is 12.5 Å². The molecule has 0 aliphatic carbocycles. The largest absolute Gasteiger partial charge is 0.381 e. The van der Waals surface area contributed by atoms with Gasteiger partial charge < -0.3 is 10.1 Å². The van der Waals surface area contributed by atoms with E-state index in [1.165, 1.54) is 6.07 Å². The molecular formula is C12H14Cl2N2O4S. The number of amides is 1. The number of sulfonamides is 1. The molecule has 1 heterocycles. The highest BCUT2D eigenvalue weighted by Gasteiger charge is 2.21. The van der Waals surface area contributed by atoms with Crippen molar-refractivity contribution in [3.8, 4) is 0 Å². The van der Waals surface area contributed by atoms with Crippen LogP contribution in [0.3, 0.4) is 0 Å². The van der Waals surface area contributed by atoms with Crippen molar-refractivity contribution in [3.63, 3.8) is 0 Å². The number of nitrogens with one attached hydrogen (secondary N) is 1. The van der Waals surface area contributed by atoms with E-state index in [-0.39, 0.29) is 26.4 Å². The van der Waals surface area contributed by atoms with Crippen molar-refractivity contribution in [2.45, 2.75) is 11.3 Å². The molecule has 1 atom stereocenters. The molecule has 0 radical (unpaired) electrons. The van der Waals surface area contributed by atoms with Gasteiger partial charge in [0.2, 0.25) is 10.0 Å². The number of carbonyl (C=O) groups excluding carboxylic acids is 1. The number of ether oxygens (including phenoxy) is 1. The van der Waals surface area contributed by atoms with Gasteiger partial charge in [0.25, 0.3) is 5.91 Å². The second kappa shape index (κ2) is 6.50. The molecule has 1 aromatic rings. The van der Waals surface area contributed by atoms with Crippen molar-refractivity contribution < 1.29 is 17.9 Å². The van der Waals surface area contributed by atoms with E-state index in [1.807, 2.05) is 0 Å². The van der Waals surface area contributed by atoms with E-state index in [2.05, 4.69) is 5.32 Å².